The lowest BCUT2D eigenvalue weighted by Crippen LogP contribution is -2.48. The molecule has 0 amide bonds. The summed E-state index contributed by atoms with van der Waals surface area (Å²) in [7, 11) is 0. The van der Waals surface area contributed by atoms with E-state index < -0.39 is 0 Å². The van der Waals surface area contributed by atoms with Crippen molar-refractivity contribution in [2.45, 2.75) is 52.5 Å². The van der Waals surface area contributed by atoms with Crippen molar-refractivity contribution < 1.29 is 0 Å². The molecule has 96 valence electrons. The molecule has 1 aliphatic heterocycles. The van der Waals surface area contributed by atoms with Gasteiger partial charge in [-0.2, -0.15) is 5.26 Å². The van der Waals surface area contributed by atoms with Crippen molar-refractivity contribution in [2.24, 2.45) is 0 Å². The number of hydrogen-bond acceptors (Lipinski definition) is 2. The first-order valence-corrected chi connectivity index (χ1v) is 6.73. The summed E-state index contributed by atoms with van der Waals surface area (Å²) in [5, 5.41) is 9.17. The maximum atomic E-state index is 9.17. The lowest BCUT2D eigenvalue weighted by atomic mass is 9.79. The Bertz CT molecular complexity index is 509. The Morgan fingerprint density at radius 2 is 2.11 bits per heavy atom. The molecule has 2 nitrogen and oxygen atoms in total. The monoisotopic (exact) mass is 242 g/mol. The molecule has 1 aromatic rings. The van der Waals surface area contributed by atoms with Crippen molar-refractivity contribution in [3.8, 4) is 6.07 Å². The Balaban J connectivity index is 2.63. The quantitative estimate of drug-likeness (QED) is 0.745. The van der Waals surface area contributed by atoms with Gasteiger partial charge >= 0.3 is 0 Å². The molecule has 0 saturated heterocycles. The van der Waals surface area contributed by atoms with Crippen molar-refractivity contribution in [1.82, 2.24) is 0 Å². The molecule has 1 unspecified atom stereocenters. The van der Waals surface area contributed by atoms with Crippen LogP contribution in [0.4, 0.5) is 5.69 Å². The summed E-state index contributed by atoms with van der Waals surface area (Å²) in [6.45, 7) is 12.1. The maximum absolute atomic E-state index is 9.17. The largest absolute Gasteiger partial charge is 0.366 e. The zero-order chi connectivity index (χ0) is 13.5. The van der Waals surface area contributed by atoms with Crippen LogP contribution in [0.15, 0.2) is 12.1 Å². The van der Waals surface area contributed by atoms with Gasteiger partial charge in [-0.1, -0.05) is 6.92 Å². The average molecular weight is 242 g/mol. The molecule has 1 aliphatic rings. The number of anilines is 1. The second-order valence-corrected chi connectivity index (χ2v) is 6.00. The van der Waals surface area contributed by atoms with Crippen LogP contribution in [-0.2, 0) is 0 Å². The summed E-state index contributed by atoms with van der Waals surface area (Å²) in [5.74, 6) is 0.519. The fourth-order valence-electron chi connectivity index (χ4n) is 3.35. The van der Waals surface area contributed by atoms with Crippen LogP contribution >= 0.6 is 0 Å². The van der Waals surface area contributed by atoms with Crippen molar-refractivity contribution in [3.05, 3.63) is 28.8 Å². The van der Waals surface area contributed by atoms with E-state index in [-0.39, 0.29) is 5.54 Å². The number of benzene rings is 1. The highest BCUT2D eigenvalue weighted by molar-refractivity contribution is 5.64. The van der Waals surface area contributed by atoms with Crippen molar-refractivity contribution in [3.63, 3.8) is 0 Å². The minimum atomic E-state index is 0.196. The van der Waals surface area contributed by atoms with Gasteiger partial charge in [0.25, 0.3) is 0 Å². The lowest BCUT2D eigenvalue weighted by molar-refractivity contribution is 0.381. The molecule has 1 aromatic carbocycles. The molecule has 0 aromatic heterocycles. The first-order chi connectivity index (χ1) is 8.40. The Labute approximate surface area is 110 Å². The van der Waals surface area contributed by atoms with Gasteiger partial charge in [0, 0.05) is 17.8 Å². The summed E-state index contributed by atoms with van der Waals surface area (Å²) < 4.78 is 0. The third-order valence-electron chi connectivity index (χ3n) is 4.17. The summed E-state index contributed by atoms with van der Waals surface area (Å²) >= 11 is 0. The molecule has 1 atom stereocenters. The summed E-state index contributed by atoms with van der Waals surface area (Å²) in [5.41, 5.74) is 4.74. The van der Waals surface area contributed by atoms with E-state index in [4.69, 9.17) is 5.26 Å². The molecule has 0 spiro atoms. The summed E-state index contributed by atoms with van der Waals surface area (Å²) in [6.07, 6.45) is 1.14. The number of aryl methyl sites for hydroxylation is 1. The molecule has 2 rings (SSSR count). The highest BCUT2D eigenvalue weighted by Gasteiger charge is 2.35. The molecule has 18 heavy (non-hydrogen) atoms. The minimum Gasteiger partial charge on any atom is -0.366 e. The standard InChI is InChI=1S/C16H22N2/c1-6-18-15-7-11(2)13(10-17)8-14(15)12(3)9-16(18,4)5/h7-8,12H,6,9H2,1-5H3. The van der Waals surface area contributed by atoms with Crippen molar-refractivity contribution >= 4 is 5.69 Å². The van der Waals surface area contributed by atoms with Gasteiger partial charge in [0.2, 0.25) is 0 Å². The topological polar surface area (TPSA) is 27.0 Å². The third kappa shape index (κ3) is 1.88. The highest BCUT2D eigenvalue weighted by Crippen LogP contribution is 2.43. The molecule has 0 radical (unpaired) electrons. The van der Waals surface area contributed by atoms with E-state index in [1.54, 1.807) is 0 Å². The molecule has 1 heterocycles. The number of hydrogen-bond donors (Lipinski definition) is 0. The average Bonchev–Trinajstić information content (AvgIpc) is 2.27. The number of nitriles is 1. The molecular formula is C16H22N2. The third-order valence-corrected chi connectivity index (χ3v) is 4.17. The van der Waals surface area contributed by atoms with Gasteiger partial charge in [-0.15, -0.1) is 0 Å². The van der Waals surface area contributed by atoms with Gasteiger partial charge in [0.15, 0.2) is 0 Å². The van der Waals surface area contributed by atoms with Gasteiger partial charge in [-0.3, -0.25) is 0 Å². The highest BCUT2D eigenvalue weighted by atomic mass is 15.2. The fraction of sp³-hybridized carbons (Fsp3) is 0.562. The normalized spacial score (nSPS) is 21.3. The minimum absolute atomic E-state index is 0.196. The predicted octanol–water partition coefficient (Wildman–Crippen LogP) is 3.98. The van der Waals surface area contributed by atoms with Crippen LogP contribution in [0.5, 0.6) is 0 Å². The molecule has 2 heteroatoms. The van der Waals surface area contributed by atoms with Crippen LogP contribution in [0, 0.1) is 18.3 Å². The Morgan fingerprint density at radius 1 is 1.44 bits per heavy atom. The van der Waals surface area contributed by atoms with Gasteiger partial charge in [0.05, 0.1) is 11.6 Å². The van der Waals surface area contributed by atoms with E-state index >= 15 is 0 Å². The zero-order valence-corrected chi connectivity index (χ0v) is 12.0. The SMILES string of the molecule is CCN1c2cc(C)c(C#N)cc2C(C)CC1(C)C. The molecule has 0 aliphatic carbocycles. The number of rotatable bonds is 1. The van der Waals surface area contributed by atoms with E-state index in [1.165, 1.54) is 11.3 Å². The van der Waals surface area contributed by atoms with Crippen LogP contribution in [0.3, 0.4) is 0 Å². The molecular weight excluding hydrogens is 220 g/mol. The van der Waals surface area contributed by atoms with E-state index in [9.17, 15) is 0 Å². The zero-order valence-electron chi connectivity index (χ0n) is 12.0. The predicted molar refractivity (Wildman–Crippen MR) is 76.0 cm³/mol. The number of nitrogens with zero attached hydrogens (tertiary/aromatic N) is 2. The molecule has 0 bridgehead atoms. The Morgan fingerprint density at radius 3 is 2.67 bits per heavy atom. The molecule has 0 N–H and O–H groups in total. The van der Waals surface area contributed by atoms with E-state index in [2.05, 4.69) is 50.8 Å². The van der Waals surface area contributed by atoms with Crippen LogP contribution in [-0.4, -0.2) is 12.1 Å². The second-order valence-electron chi connectivity index (χ2n) is 6.00. The van der Waals surface area contributed by atoms with Gasteiger partial charge in [-0.25, -0.2) is 0 Å². The van der Waals surface area contributed by atoms with E-state index in [0.717, 1.165) is 24.1 Å². The van der Waals surface area contributed by atoms with Crippen molar-refractivity contribution in [2.75, 3.05) is 11.4 Å². The number of fused-ring (bicyclic) bond motifs is 1. The fourth-order valence-corrected chi connectivity index (χ4v) is 3.35. The Kier molecular flexibility index (Phi) is 3.11. The summed E-state index contributed by atoms with van der Waals surface area (Å²) in [6, 6.07) is 6.58. The first kappa shape index (κ1) is 13.0. The lowest BCUT2D eigenvalue weighted by Gasteiger charge is -2.47. The molecule has 0 fully saturated rings. The Hall–Kier alpha value is -1.49. The van der Waals surface area contributed by atoms with Crippen LogP contribution < -0.4 is 4.90 Å². The second kappa shape index (κ2) is 4.31. The van der Waals surface area contributed by atoms with Crippen LogP contribution in [0.1, 0.15) is 56.7 Å². The van der Waals surface area contributed by atoms with E-state index in [0.29, 0.717) is 5.92 Å². The smallest absolute Gasteiger partial charge is 0.0994 e. The maximum Gasteiger partial charge on any atom is 0.0994 e. The van der Waals surface area contributed by atoms with Crippen molar-refractivity contribution in [1.29, 1.82) is 5.26 Å². The van der Waals surface area contributed by atoms with Gasteiger partial charge in [-0.05, 0) is 63.3 Å². The van der Waals surface area contributed by atoms with Crippen LogP contribution in [0.2, 0.25) is 0 Å². The van der Waals surface area contributed by atoms with E-state index in [1.807, 2.05) is 6.92 Å². The van der Waals surface area contributed by atoms with Gasteiger partial charge < -0.3 is 4.90 Å². The van der Waals surface area contributed by atoms with Gasteiger partial charge in [0.1, 0.15) is 0 Å². The summed E-state index contributed by atoms with van der Waals surface area (Å²) in [4.78, 5) is 2.47. The van der Waals surface area contributed by atoms with Crippen LogP contribution in [0.25, 0.3) is 0 Å². The first-order valence-electron chi connectivity index (χ1n) is 6.73. The molecule has 0 saturated carbocycles.